The molecule has 2 aliphatic rings. The Balaban J connectivity index is 2.04. The lowest BCUT2D eigenvalue weighted by Crippen LogP contribution is -2.33. The minimum absolute atomic E-state index is 0.452. The number of nitrogens with zero attached hydrogens (tertiary/aromatic N) is 2. The molecule has 0 N–H and O–H groups in total. The molecule has 2 aliphatic heterocycles. The fraction of sp³-hybridized carbons (Fsp3) is 0.647. The van der Waals surface area contributed by atoms with Gasteiger partial charge in [0, 0.05) is 24.7 Å². The van der Waals surface area contributed by atoms with Crippen molar-refractivity contribution in [2.75, 3.05) is 44.8 Å². The van der Waals surface area contributed by atoms with Crippen LogP contribution in [0.25, 0.3) is 0 Å². The minimum atomic E-state index is 0.452. The summed E-state index contributed by atoms with van der Waals surface area (Å²) in [7, 11) is 7.86. The molecule has 0 amide bonds. The van der Waals surface area contributed by atoms with Gasteiger partial charge in [-0.15, -0.1) is 0 Å². The van der Waals surface area contributed by atoms with Crippen LogP contribution in [0.3, 0.4) is 0 Å². The zero-order valence-electron chi connectivity index (χ0n) is 13.6. The van der Waals surface area contributed by atoms with Crippen molar-refractivity contribution in [3.8, 4) is 0 Å². The molecule has 0 bridgehead atoms. The normalized spacial score (nSPS) is 22.1. The molecule has 22 heavy (non-hydrogen) atoms. The van der Waals surface area contributed by atoms with Gasteiger partial charge in [0.25, 0.3) is 0 Å². The highest BCUT2D eigenvalue weighted by molar-refractivity contribution is 9.10. The van der Waals surface area contributed by atoms with Crippen LogP contribution in [-0.2, 0) is 17.6 Å². The topological polar surface area (TPSA) is 15.7 Å². The lowest BCUT2D eigenvalue weighted by molar-refractivity contribution is 0.205. The Labute approximate surface area is 143 Å². The zero-order chi connectivity index (χ0) is 15.7. The largest absolute Gasteiger partial charge is 0.383 e. The number of halogens is 1. The summed E-state index contributed by atoms with van der Waals surface area (Å²) in [4.78, 5) is 4.43. The number of methoxy groups -OCH3 is 1. The highest BCUT2D eigenvalue weighted by atomic mass is 79.9. The van der Waals surface area contributed by atoms with E-state index in [1.807, 2.05) is 4.81 Å². The van der Waals surface area contributed by atoms with E-state index < -0.39 is 0 Å². The quantitative estimate of drug-likeness (QED) is 0.769. The molecule has 3 rings (SSSR count). The molecule has 0 saturated heterocycles. The Morgan fingerprint density at radius 3 is 2.91 bits per heavy atom. The van der Waals surface area contributed by atoms with E-state index in [9.17, 15) is 0 Å². The predicted octanol–water partition coefficient (Wildman–Crippen LogP) is 2.89. The molecule has 0 saturated carbocycles. The fourth-order valence-corrected chi connectivity index (χ4v) is 4.98. The molecule has 1 aromatic carbocycles. The molecule has 2 radical (unpaired) electrons. The summed E-state index contributed by atoms with van der Waals surface area (Å²) in [6.45, 7) is 6.99. The molecule has 0 spiro atoms. The molecular weight excluding hydrogens is 339 g/mol. The lowest BCUT2D eigenvalue weighted by atomic mass is 9.89. The molecular formula is C17H24BBrN2O. The first kappa shape index (κ1) is 16.3. The summed E-state index contributed by atoms with van der Waals surface area (Å²) in [6.07, 6.45) is 3.44. The van der Waals surface area contributed by atoms with Crippen molar-refractivity contribution in [1.82, 2.24) is 4.81 Å². The average Bonchev–Trinajstić information content (AvgIpc) is 2.63. The SMILES string of the molecule is [B]N1CCc2cc3c(c(Br)c2C(C)C1)N(CCOC)CCC3. The number of fused-ring (bicyclic) bond motifs is 2. The van der Waals surface area contributed by atoms with E-state index in [0.717, 1.165) is 39.2 Å². The Hall–Kier alpha value is -0.515. The maximum Gasteiger partial charge on any atom is 0.182 e. The van der Waals surface area contributed by atoms with Crippen molar-refractivity contribution < 1.29 is 4.74 Å². The van der Waals surface area contributed by atoms with Crippen molar-refractivity contribution in [2.24, 2.45) is 0 Å². The summed E-state index contributed by atoms with van der Waals surface area (Å²) >= 11 is 3.94. The third-order valence-corrected chi connectivity index (χ3v) is 5.67. The molecule has 0 fully saturated rings. The smallest absolute Gasteiger partial charge is 0.182 e. The van der Waals surface area contributed by atoms with Crippen LogP contribution in [0.15, 0.2) is 10.5 Å². The van der Waals surface area contributed by atoms with Crippen LogP contribution in [-0.4, -0.2) is 52.7 Å². The molecule has 1 atom stereocenters. The molecule has 0 aromatic heterocycles. The van der Waals surface area contributed by atoms with E-state index in [4.69, 9.17) is 12.7 Å². The summed E-state index contributed by atoms with van der Waals surface area (Å²) in [6, 6.07) is 2.43. The van der Waals surface area contributed by atoms with Crippen LogP contribution >= 0.6 is 15.9 Å². The van der Waals surface area contributed by atoms with E-state index in [1.165, 1.54) is 39.7 Å². The van der Waals surface area contributed by atoms with Gasteiger partial charge in [-0.3, -0.25) is 0 Å². The van der Waals surface area contributed by atoms with Crippen LogP contribution in [0.1, 0.15) is 36.0 Å². The van der Waals surface area contributed by atoms with Gasteiger partial charge in [-0.25, -0.2) is 0 Å². The molecule has 1 aromatic rings. The third kappa shape index (κ3) is 3.08. The summed E-state index contributed by atoms with van der Waals surface area (Å²) in [5.41, 5.74) is 5.79. The van der Waals surface area contributed by atoms with E-state index >= 15 is 0 Å². The van der Waals surface area contributed by atoms with E-state index in [2.05, 4.69) is 33.8 Å². The molecule has 1 unspecified atom stereocenters. The Morgan fingerprint density at radius 2 is 2.14 bits per heavy atom. The van der Waals surface area contributed by atoms with Gasteiger partial charge in [0.15, 0.2) is 7.98 Å². The van der Waals surface area contributed by atoms with Gasteiger partial charge >= 0.3 is 0 Å². The second kappa shape index (κ2) is 6.94. The Bertz CT molecular complexity index is 552. The van der Waals surface area contributed by atoms with Crippen molar-refractivity contribution in [3.05, 3.63) is 27.2 Å². The van der Waals surface area contributed by atoms with E-state index in [-0.39, 0.29) is 0 Å². The number of rotatable bonds is 3. The lowest BCUT2D eigenvalue weighted by Gasteiger charge is -2.34. The number of ether oxygens (including phenoxy) is 1. The van der Waals surface area contributed by atoms with Gasteiger partial charge in [-0.05, 0) is 70.9 Å². The number of hydrogen-bond donors (Lipinski definition) is 0. The average molecular weight is 363 g/mol. The van der Waals surface area contributed by atoms with Crippen molar-refractivity contribution in [2.45, 2.75) is 32.1 Å². The zero-order valence-corrected chi connectivity index (χ0v) is 15.2. The standard InChI is InChI=1S/C17H24BBrN2O/c1-12-11-21(18)7-5-13-10-14-4-3-6-20(8-9-22-2)17(14)16(19)15(12)13/h10,12H,3-9,11H2,1-2H3. The predicted molar refractivity (Wildman–Crippen MR) is 96.0 cm³/mol. The highest BCUT2D eigenvalue weighted by Gasteiger charge is 2.27. The second-order valence-corrected chi connectivity index (χ2v) is 7.29. The molecule has 118 valence electrons. The first-order valence-corrected chi connectivity index (χ1v) is 8.98. The van der Waals surface area contributed by atoms with Crippen molar-refractivity contribution in [1.29, 1.82) is 0 Å². The highest BCUT2D eigenvalue weighted by Crippen LogP contribution is 2.42. The number of hydrogen-bond acceptors (Lipinski definition) is 3. The summed E-state index contributed by atoms with van der Waals surface area (Å²) < 4.78 is 6.58. The van der Waals surface area contributed by atoms with Gasteiger partial charge in [-0.2, -0.15) is 0 Å². The van der Waals surface area contributed by atoms with Gasteiger partial charge in [0.05, 0.1) is 12.3 Å². The molecule has 5 heteroatoms. The minimum Gasteiger partial charge on any atom is -0.383 e. The Morgan fingerprint density at radius 1 is 1.32 bits per heavy atom. The van der Waals surface area contributed by atoms with Gasteiger partial charge in [0.1, 0.15) is 0 Å². The van der Waals surface area contributed by atoms with Crippen LogP contribution in [0.2, 0.25) is 0 Å². The van der Waals surface area contributed by atoms with Crippen LogP contribution in [0, 0.1) is 0 Å². The second-order valence-electron chi connectivity index (χ2n) is 6.50. The van der Waals surface area contributed by atoms with Crippen LogP contribution in [0.4, 0.5) is 5.69 Å². The van der Waals surface area contributed by atoms with Gasteiger partial charge in [0.2, 0.25) is 0 Å². The van der Waals surface area contributed by atoms with E-state index in [0.29, 0.717) is 5.92 Å². The van der Waals surface area contributed by atoms with Crippen molar-refractivity contribution in [3.63, 3.8) is 0 Å². The molecule has 3 nitrogen and oxygen atoms in total. The number of anilines is 1. The summed E-state index contributed by atoms with van der Waals surface area (Å²) in [5.74, 6) is 0.452. The molecule has 0 aliphatic carbocycles. The number of aryl methyl sites for hydroxylation is 1. The third-order valence-electron chi connectivity index (χ3n) is 4.87. The van der Waals surface area contributed by atoms with Crippen LogP contribution < -0.4 is 4.90 Å². The first-order valence-electron chi connectivity index (χ1n) is 8.19. The maximum atomic E-state index is 6.09. The number of benzene rings is 1. The van der Waals surface area contributed by atoms with Crippen LogP contribution in [0.5, 0.6) is 0 Å². The van der Waals surface area contributed by atoms with Gasteiger partial charge < -0.3 is 14.4 Å². The molecule has 2 heterocycles. The maximum absolute atomic E-state index is 6.09. The summed E-state index contributed by atoms with van der Waals surface area (Å²) in [5, 5.41) is 0. The van der Waals surface area contributed by atoms with Gasteiger partial charge in [-0.1, -0.05) is 13.0 Å². The van der Waals surface area contributed by atoms with Crippen molar-refractivity contribution >= 4 is 29.6 Å². The fourth-order valence-electron chi connectivity index (χ4n) is 3.83. The first-order chi connectivity index (χ1) is 10.6. The Kier molecular flexibility index (Phi) is 5.15. The monoisotopic (exact) mass is 362 g/mol. The van der Waals surface area contributed by atoms with E-state index in [1.54, 1.807) is 7.11 Å².